The van der Waals surface area contributed by atoms with E-state index in [2.05, 4.69) is 10.3 Å². The number of nitrogens with one attached hydrogen (secondary N) is 2. The van der Waals surface area contributed by atoms with Crippen LogP contribution < -0.4 is 10.9 Å². The summed E-state index contributed by atoms with van der Waals surface area (Å²) in [5, 5.41) is 2.47. The smallest absolute Gasteiger partial charge is 0.274 e. The van der Waals surface area contributed by atoms with Gasteiger partial charge in [0.05, 0.1) is 5.69 Å². The second kappa shape index (κ2) is 4.90. The molecule has 1 aromatic carbocycles. The van der Waals surface area contributed by atoms with Crippen LogP contribution in [0, 0.1) is 12.7 Å². The summed E-state index contributed by atoms with van der Waals surface area (Å²) in [6.45, 7) is 1.76. The minimum Gasteiger partial charge on any atom is -0.345 e. The number of aryl methyl sites for hydroxylation is 1. The number of aromatic amines is 1. The van der Waals surface area contributed by atoms with Gasteiger partial charge in [-0.2, -0.15) is 0 Å². The van der Waals surface area contributed by atoms with Gasteiger partial charge in [-0.25, -0.2) is 4.39 Å². The van der Waals surface area contributed by atoms with E-state index in [4.69, 9.17) is 0 Å². The van der Waals surface area contributed by atoms with Crippen molar-refractivity contribution in [1.82, 2.24) is 9.38 Å². The van der Waals surface area contributed by atoms with Crippen LogP contribution in [0.4, 0.5) is 10.1 Å². The number of rotatable bonds is 2. The second-order valence-electron chi connectivity index (χ2n) is 4.70. The Labute approximate surface area is 119 Å². The first-order valence-electron chi connectivity index (χ1n) is 6.33. The number of hydrogen-bond donors (Lipinski definition) is 2. The summed E-state index contributed by atoms with van der Waals surface area (Å²) in [4.78, 5) is 26.9. The third-order valence-corrected chi connectivity index (χ3v) is 3.16. The summed E-state index contributed by atoms with van der Waals surface area (Å²) in [6.07, 6.45) is 1.41. The van der Waals surface area contributed by atoms with Gasteiger partial charge in [0, 0.05) is 12.3 Å². The maximum absolute atomic E-state index is 13.8. The fraction of sp³-hybridized carbons (Fsp3) is 0.0667. The van der Waals surface area contributed by atoms with Crippen LogP contribution in [0.5, 0.6) is 0 Å². The minimum absolute atomic E-state index is 0.0731. The topological polar surface area (TPSA) is 66.4 Å². The van der Waals surface area contributed by atoms with Gasteiger partial charge in [-0.3, -0.25) is 14.0 Å². The molecule has 0 fully saturated rings. The summed E-state index contributed by atoms with van der Waals surface area (Å²) in [5.41, 5.74) is 1.12. The number of halogens is 1. The van der Waals surface area contributed by atoms with Crippen LogP contribution in [0.25, 0.3) is 5.65 Å². The molecule has 0 aliphatic heterocycles. The Morgan fingerprint density at radius 2 is 2.10 bits per heavy atom. The van der Waals surface area contributed by atoms with Gasteiger partial charge < -0.3 is 10.3 Å². The standard InChI is InChI=1S/C15H12FN3O2/c1-9-5-6-11(10(16)7-9)18-15(21)12-8-17-13-3-2-4-14(20)19(12)13/h2-8,17H,1H3,(H,18,21). The molecule has 3 aromatic rings. The molecule has 0 aliphatic rings. The van der Waals surface area contributed by atoms with E-state index in [1.807, 2.05) is 0 Å². The lowest BCUT2D eigenvalue weighted by Crippen LogP contribution is -2.21. The van der Waals surface area contributed by atoms with Gasteiger partial charge in [0.15, 0.2) is 0 Å². The van der Waals surface area contributed by atoms with Gasteiger partial charge in [0.25, 0.3) is 11.5 Å². The SMILES string of the molecule is Cc1ccc(NC(=O)c2c[nH]c3cccc(=O)n23)c(F)c1. The first-order chi connectivity index (χ1) is 10.1. The normalized spacial score (nSPS) is 10.8. The van der Waals surface area contributed by atoms with Crippen molar-refractivity contribution in [3.05, 3.63) is 70.0 Å². The van der Waals surface area contributed by atoms with Crippen LogP contribution in [-0.4, -0.2) is 15.3 Å². The van der Waals surface area contributed by atoms with E-state index < -0.39 is 11.7 Å². The molecule has 1 amide bonds. The molecule has 0 saturated heterocycles. The molecule has 106 valence electrons. The van der Waals surface area contributed by atoms with E-state index in [1.54, 1.807) is 25.1 Å². The number of H-pyrrole nitrogens is 1. The Morgan fingerprint density at radius 3 is 2.86 bits per heavy atom. The predicted molar refractivity (Wildman–Crippen MR) is 77.1 cm³/mol. The van der Waals surface area contributed by atoms with Crippen molar-refractivity contribution in [2.24, 2.45) is 0 Å². The Hall–Kier alpha value is -2.89. The van der Waals surface area contributed by atoms with Crippen LogP contribution in [0.1, 0.15) is 16.1 Å². The van der Waals surface area contributed by atoms with Crippen LogP contribution >= 0.6 is 0 Å². The number of amides is 1. The van der Waals surface area contributed by atoms with Crippen molar-refractivity contribution < 1.29 is 9.18 Å². The third-order valence-electron chi connectivity index (χ3n) is 3.16. The lowest BCUT2D eigenvalue weighted by atomic mass is 10.2. The van der Waals surface area contributed by atoms with Crippen molar-refractivity contribution >= 4 is 17.2 Å². The van der Waals surface area contributed by atoms with Crippen LogP contribution in [0.2, 0.25) is 0 Å². The van der Waals surface area contributed by atoms with Crippen molar-refractivity contribution in [2.45, 2.75) is 6.92 Å². The third kappa shape index (κ3) is 2.31. The van der Waals surface area contributed by atoms with Crippen LogP contribution in [0.3, 0.4) is 0 Å². The summed E-state index contributed by atoms with van der Waals surface area (Å²) >= 11 is 0. The number of anilines is 1. The molecule has 6 heteroatoms. The number of carbonyl (C=O) groups is 1. The number of nitrogens with zero attached hydrogens (tertiary/aromatic N) is 1. The van der Waals surface area contributed by atoms with Gasteiger partial charge in [-0.15, -0.1) is 0 Å². The molecule has 5 nitrogen and oxygen atoms in total. The molecular weight excluding hydrogens is 273 g/mol. The molecule has 3 rings (SSSR count). The van der Waals surface area contributed by atoms with E-state index in [1.165, 1.54) is 28.8 Å². The van der Waals surface area contributed by atoms with E-state index >= 15 is 0 Å². The molecule has 0 bridgehead atoms. The minimum atomic E-state index is -0.558. The molecule has 0 saturated carbocycles. The Kier molecular flexibility index (Phi) is 3.06. The van der Waals surface area contributed by atoms with Crippen LogP contribution in [-0.2, 0) is 0 Å². The number of carbonyl (C=O) groups excluding carboxylic acids is 1. The molecule has 0 spiro atoms. The highest BCUT2D eigenvalue weighted by Crippen LogP contribution is 2.16. The highest BCUT2D eigenvalue weighted by Gasteiger charge is 2.14. The monoisotopic (exact) mass is 285 g/mol. The first-order valence-corrected chi connectivity index (χ1v) is 6.33. The summed E-state index contributed by atoms with van der Waals surface area (Å²) < 4.78 is 15.0. The second-order valence-corrected chi connectivity index (χ2v) is 4.70. The fourth-order valence-corrected chi connectivity index (χ4v) is 2.13. The predicted octanol–water partition coefficient (Wildman–Crippen LogP) is 2.33. The molecule has 0 radical (unpaired) electrons. The Morgan fingerprint density at radius 1 is 1.29 bits per heavy atom. The van der Waals surface area contributed by atoms with Gasteiger partial charge in [0.2, 0.25) is 0 Å². The highest BCUT2D eigenvalue weighted by molar-refractivity contribution is 6.03. The summed E-state index contributed by atoms with van der Waals surface area (Å²) in [5.74, 6) is -1.08. The lowest BCUT2D eigenvalue weighted by molar-refractivity contribution is 0.102. The Bertz CT molecular complexity index is 895. The number of aromatic nitrogens is 2. The van der Waals surface area contributed by atoms with E-state index in [9.17, 15) is 14.0 Å². The van der Waals surface area contributed by atoms with E-state index in [-0.39, 0.29) is 16.9 Å². The largest absolute Gasteiger partial charge is 0.345 e. The number of fused-ring (bicyclic) bond motifs is 1. The average Bonchev–Trinajstić information content (AvgIpc) is 2.87. The molecule has 0 aliphatic carbocycles. The molecule has 0 unspecified atom stereocenters. The highest BCUT2D eigenvalue weighted by atomic mass is 19.1. The first kappa shape index (κ1) is 13.1. The van der Waals surface area contributed by atoms with Crippen molar-refractivity contribution in [3.8, 4) is 0 Å². The number of imidazole rings is 1. The lowest BCUT2D eigenvalue weighted by Gasteiger charge is -2.06. The van der Waals surface area contributed by atoms with Crippen LogP contribution in [0.15, 0.2) is 47.4 Å². The maximum Gasteiger partial charge on any atom is 0.274 e. The zero-order valence-corrected chi connectivity index (χ0v) is 11.2. The molecule has 2 heterocycles. The molecular formula is C15H12FN3O2. The zero-order valence-electron chi connectivity index (χ0n) is 11.2. The maximum atomic E-state index is 13.8. The van der Waals surface area contributed by atoms with Gasteiger partial charge >= 0.3 is 0 Å². The molecule has 0 atom stereocenters. The van der Waals surface area contributed by atoms with Crippen molar-refractivity contribution in [1.29, 1.82) is 0 Å². The van der Waals surface area contributed by atoms with Gasteiger partial charge in [0.1, 0.15) is 17.2 Å². The Balaban J connectivity index is 2.00. The summed E-state index contributed by atoms with van der Waals surface area (Å²) in [7, 11) is 0. The van der Waals surface area contributed by atoms with E-state index in [0.29, 0.717) is 5.65 Å². The number of benzene rings is 1. The van der Waals surface area contributed by atoms with Gasteiger partial charge in [-0.05, 0) is 30.7 Å². The van der Waals surface area contributed by atoms with E-state index in [0.717, 1.165) is 5.56 Å². The summed E-state index contributed by atoms with van der Waals surface area (Å²) in [6, 6.07) is 9.13. The molecule has 2 aromatic heterocycles. The molecule has 21 heavy (non-hydrogen) atoms. The van der Waals surface area contributed by atoms with Crippen molar-refractivity contribution in [2.75, 3.05) is 5.32 Å². The quantitative estimate of drug-likeness (QED) is 0.759. The fourth-order valence-electron chi connectivity index (χ4n) is 2.13. The average molecular weight is 285 g/mol. The van der Waals surface area contributed by atoms with Crippen molar-refractivity contribution in [3.63, 3.8) is 0 Å². The number of hydrogen-bond acceptors (Lipinski definition) is 2. The molecule has 2 N–H and O–H groups in total. The van der Waals surface area contributed by atoms with Gasteiger partial charge in [-0.1, -0.05) is 12.1 Å². The zero-order chi connectivity index (χ0) is 15.0. The number of pyridine rings is 1.